The van der Waals surface area contributed by atoms with Gasteiger partial charge in [-0.05, 0) is 72.8 Å². The van der Waals surface area contributed by atoms with Gasteiger partial charge < -0.3 is 30.3 Å². The summed E-state index contributed by atoms with van der Waals surface area (Å²) in [6, 6.07) is 26.4. The summed E-state index contributed by atoms with van der Waals surface area (Å²) in [5, 5.41) is 6.32. The number of carbonyl (C=O) groups excluding carboxylic acids is 2. The van der Waals surface area contributed by atoms with Gasteiger partial charge in [-0.15, -0.1) is 0 Å². The van der Waals surface area contributed by atoms with Crippen LogP contribution in [0.3, 0.4) is 0 Å². The Kier molecular flexibility index (Phi) is 7.68. The molecular formula is C30H26N4O5. The fraction of sp³-hybridized carbons (Fsp3) is 0.100. The smallest absolute Gasteiger partial charge is 0.287 e. The molecule has 196 valence electrons. The van der Waals surface area contributed by atoms with Crippen molar-refractivity contribution in [3.63, 3.8) is 0 Å². The maximum Gasteiger partial charge on any atom is 0.287 e. The Morgan fingerprint density at radius 2 is 1.64 bits per heavy atom. The molecule has 5 aromatic rings. The van der Waals surface area contributed by atoms with Crippen LogP contribution in [0.2, 0.25) is 0 Å². The lowest BCUT2D eigenvalue weighted by molar-refractivity contribution is 0.0920. The Balaban J connectivity index is 1.08. The standard InChI is InChI=1S/C30H26N4O5/c31-25-6-1-2-7-26(25)34-29(35)20-8-10-23(11-9-20)37-16-15-33-30(36)28-18-21-17-24(12-13-27(21)39-28)38-19-22-5-3-4-14-32-22/h1-14,17-18H,15-16,19,31H2,(H,33,36)(H,34,35). The van der Waals surface area contributed by atoms with Gasteiger partial charge in [0, 0.05) is 17.1 Å². The molecular weight excluding hydrogens is 496 g/mol. The van der Waals surface area contributed by atoms with Gasteiger partial charge in [0.1, 0.15) is 30.3 Å². The molecule has 0 aliphatic rings. The number of amides is 2. The summed E-state index contributed by atoms with van der Waals surface area (Å²) in [5.41, 5.74) is 8.79. The van der Waals surface area contributed by atoms with Crippen LogP contribution < -0.4 is 25.8 Å². The molecule has 0 aliphatic heterocycles. The van der Waals surface area contributed by atoms with E-state index in [1.165, 1.54) is 0 Å². The lowest BCUT2D eigenvalue weighted by atomic mass is 10.2. The van der Waals surface area contributed by atoms with Gasteiger partial charge in [-0.2, -0.15) is 0 Å². The number of rotatable bonds is 10. The third kappa shape index (κ3) is 6.53. The number of aromatic nitrogens is 1. The molecule has 39 heavy (non-hydrogen) atoms. The first-order valence-corrected chi connectivity index (χ1v) is 12.3. The number of nitrogen functional groups attached to an aromatic ring is 1. The zero-order valence-corrected chi connectivity index (χ0v) is 20.9. The van der Waals surface area contributed by atoms with Gasteiger partial charge in [0.15, 0.2) is 5.76 Å². The molecule has 9 nitrogen and oxygen atoms in total. The normalized spacial score (nSPS) is 10.7. The zero-order valence-electron chi connectivity index (χ0n) is 20.9. The van der Waals surface area contributed by atoms with E-state index in [9.17, 15) is 9.59 Å². The van der Waals surface area contributed by atoms with Crippen LogP contribution in [-0.4, -0.2) is 29.9 Å². The Labute approximate surface area is 224 Å². The molecule has 5 rings (SSSR count). The quantitative estimate of drug-likeness (QED) is 0.173. The number of benzene rings is 3. The number of hydrogen-bond acceptors (Lipinski definition) is 7. The van der Waals surface area contributed by atoms with E-state index in [2.05, 4.69) is 15.6 Å². The van der Waals surface area contributed by atoms with E-state index in [1.807, 2.05) is 24.3 Å². The van der Waals surface area contributed by atoms with Crippen molar-refractivity contribution in [3.05, 3.63) is 114 Å². The van der Waals surface area contributed by atoms with Crippen molar-refractivity contribution >= 4 is 34.2 Å². The summed E-state index contributed by atoms with van der Waals surface area (Å²) in [4.78, 5) is 29.2. The summed E-state index contributed by atoms with van der Waals surface area (Å²) in [6.45, 7) is 0.851. The molecule has 3 aromatic carbocycles. The molecule has 2 amide bonds. The van der Waals surface area contributed by atoms with Gasteiger partial charge in [-0.3, -0.25) is 14.6 Å². The van der Waals surface area contributed by atoms with E-state index in [4.69, 9.17) is 19.6 Å². The van der Waals surface area contributed by atoms with Crippen LogP contribution in [0.15, 0.2) is 102 Å². The second-order valence-electron chi connectivity index (χ2n) is 8.59. The van der Waals surface area contributed by atoms with Gasteiger partial charge in [0.05, 0.1) is 23.6 Å². The van der Waals surface area contributed by atoms with E-state index in [-0.39, 0.29) is 30.7 Å². The Morgan fingerprint density at radius 1 is 0.846 bits per heavy atom. The highest BCUT2D eigenvalue weighted by Crippen LogP contribution is 2.25. The number of pyridine rings is 1. The van der Waals surface area contributed by atoms with Crippen LogP contribution >= 0.6 is 0 Å². The average Bonchev–Trinajstić information content (AvgIpc) is 3.40. The number of hydrogen-bond donors (Lipinski definition) is 3. The van der Waals surface area contributed by atoms with Crippen LogP contribution in [0, 0.1) is 0 Å². The van der Waals surface area contributed by atoms with Crippen molar-refractivity contribution in [2.75, 3.05) is 24.2 Å². The number of nitrogens with two attached hydrogens (primary N) is 1. The number of para-hydroxylation sites is 2. The first-order chi connectivity index (χ1) is 19.0. The highest BCUT2D eigenvalue weighted by Gasteiger charge is 2.13. The van der Waals surface area contributed by atoms with Gasteiger partial charge in [0.2, 0.25) is 0 Å². The molecule has 9 heteroatoms. The number of fused-ring (bicyclic) bond motifs is 1. The summed E-state index contributed by atoms with van der Waals surface area (Å²) in [6.07, 6.45) is 1.72. The molecule has 4 N–H and O–H groups in total. The van der Waals surface area contributed by atoms with Crippen molar-refractivity contribution in [1.82, 2.24) is 10.3 Å². The minimum absolute atomic E-state index is 0.196. The Bertz CT molecular complexity index is 1580. The lowest BCUT2D eigenvalue weighted by Crippen LogP contribution is -2.27. The molecule has 0 spiro atoms. The Morgan fingerprint density at radius 3 is 2.44 bits per heavy atom. The van der Waals surface area contributed by atoms with Gasteiger partial charge in [-0.25, -0.2) is 0 Å². The minimum Gasteiger partial charge on any atom is -0.492 e. The van der Waals surface area contributed by atoms with Crippen LogP contribution in [0.4, 0.5) is 11.4 Å². The van der Waals surface area contributed by atoms with Crippen molar-refractivity contribution in [2.24, 2.45) is 0 Å². The highest BCUT2D eigenvalue weighted by molar-refractivity contribution is 6.05. The molecule has 2 aromatic heterocycles. The second-order valence-corrected chi connectivity index (χ2v) is 8.59. The number of carbonyl (C=O) groups is 2. The third-order valence-electron chi connectivity index (χ3n) is 5.81. The maximum atomic E-state index is 12.6. The minimum atomic E-state index is -0.349. The summed E-state index contributed by atoms with van der Waals surface area (Å²) < 4.78 is 17.2. The monoisotopic (exact) mass is 522 g/mol. The predicted molar refractivity (Wildman–Crippen MR) is 148 cm³/mol. The van der Waals surface area contributed by atoms with Crippen LogP contribution in [0.5, 0.6) is 11.5 Å². The second kappa shape index (κ2) is 11.8. The van der Waals surface area contributed by atoms with E-state index in [0.29, 0.717) is 40.6 Å². The summed E-state index contributed by atoms with van der Waals surface area (Å²) in [7, 11) is 0. The molecule has 0 atom stereocenters. The molecule has 0 aliphatic carbocycles. The first kappa shape index (κ1) is 25.3. The van der Waals surface area contributed by atoms with Gasteiger partial charge in [-0.1, -0.05) is 18.2 Å². The van der Waals surface area contributed by atoms with Gasteiger partial charge >= 0.3 is 0 Å². The van der Waals surface area contributed by atoms with Crippen molar-refractivity contribution in [2.45, 2.75) is 6.61 Å². The van der Waals surface area contributed by atoms with E-state index in [1.54, 1.807) is 72.9 Å². The first-order valence-electron chi connectivity index (χ1n) is 12.3. The molecule has 0 fully saturated rings. The van der Waals surface area contributed by atoms with Crippen LogP contribution in [0.25, 0.3) is 11.0 Å². The van der Waals surface area contributed by atoms with E-state index >= 15 is 0 Å². The fourth-order valence-electron chi connectivity index (χ4n) is 3.79. The molecule has 0 radical (unpaired) electrons. The number of nitrogens with zero attached hydrogens (tertiary/aromatic N) is 1. The molecule has 2 heterocycles. The number of ether oxygens (including phenoxy) is 2. The molecule has 0 bridgehead atoms. The number of anilines is 2. The molecule has 0 unspecified atom stereocenters. The third-order valence-corrected chi connectivity index (χ3v) is 5.81. The summed E-state index contributed by atoms with van der Waals surface area (Å²) >= 11 is 0. The number of nitrogens with one attached hydrogen (secondary N) is 2. The fourth-order valence-corrected chi connectivity index (χ4v) is 3.79. The van der Waals surface area contributed by atoms with Crippen molar-refractivity contribution in [3.8, 4) is 11.5 Å². The number of furan rings is 1. The average molecular weight is 523 g/mol. The maximum absolute atomic E-state index is 12.6. The van der Waals surface area contributed by atoms with Crippen LogP contribution in [-0.2, 0) is 6.61 Å². The van der Waals surface area contributed by atoms with E-state index in [0.717, 1.165) is 11.1 Å². The van der Waals surface area contributed by atoms with Crippen LogP contribution in [0.1, 0.15) is 26.6 Å². The highest BCUT2D eigenvalue weighted by atomic mass is 16.5. The van der Waals surface area contributed by atoms with Crippen molar-refractivity contribution in [1.29, 1.82) is 0 Å². The van der Waals surface area contributed by atoms with Crippen molar-refractivity contribution < 1.29 is 23.5 Å². The largest absolute Gasteiger partial charge is 0.492 e. The zero-order chi connectivity index (χ0) is 27.0. The molecule has 0 saturated heterocycles. The lowest BCUT2D eigenvalue weighted by Gasteiger charge is -2.09. The Hall–Kier alpha value is -5.31. The molecule has 0 saturated carbocycles. The van der Waals surface area contributed by atoms with Gasteiger partial charge in [0.25, 0.3) is 11.8 Å². The van der Waals surface area contributed by atoms with E-state index < -0.39 is 0 Å². The SMILES string of the molecule is Nc1ccccc1NC(=O)c1ccc(OCCNC(=O)c2cc3cc(OCc4ccccn4)ccc3o2)cc1. The predicted octanol–water partition coefficient (Wildman–Crippen LogP) is 5.05. The summed E-state index contributed by atoms with van der Waals surface area (Å²) in [5.74, 6) is 0.799. The topological polar surface area (TPSA) is 129 Å².